The van der Waals surface area contributed by atoms with Crippen LogP contribution >= 0.6 is 0 Å². The number of sulfonamides is 1. The molecule has 0 N–H and O–H groups in total. The highest BCUT2D eigenvalue weighted by atomic mass is 32.2. The Morgan fingerprint density at radius 2 is 2.08 bits per heavy atom. The van der Waals surface area contributed by atoms with Gasteiger partial charge in [-0.25, -0.2) is 13.4 Å². The molecule has 25 heavy (non-hydrogen) atoms. The van der Waals surface area contributed by atoms with Crippen molar-refractivity contribution in [1.29, 1.82) is 0 Å². The van der Waals surface area contributed by atoms with Crippen LogP contribution in [0.3, 0.4) is 0 Å². The summed E-state index contributed by atoms with van der Waals surface area (Å²) in [5.74, 6) is 1.62. The Kier molecular flexibility index (Phi) is 5.81. The SMILES string of the molecule is CO[C@H](C)CS(=O)(=O)N1CC[C@@H](Oc2cccnc2N2CCCC2)C1. The summed E-state index contributed by atoms with van der Waals surface area (Å²) in [5.41, 5.74) is 0. The van der Waals surface area contributed by atoms with E-state index in [-0.39, 0.29) is 18.0 Å². The number of methoxy groups -OCH3 is 1. The van der Waals surface area contributed by atoms with Gasteiger partial charge < -0.3 is 14.4 Å². The van der Waals surface area contributed by atoms with E-state index in [9.17, 15) is 8.42 Å². The zero-order valence-corrected chi connectivity index (χ0v) is 15.7. The third-order valence-electron chi connectivity index (χ3n) is 4.80. The number of hydrogen-bond acceptors (Lipinski definition) is 6. The fourth-order valence-electron chi connectivity index (χ4n) is 3.34. The van der Waals surface area contributed by atoms with Crippen molar-refractivity contribution in [2.75, 3.05) is 43.9 Å². The van der Waals surface area contributed by atoms with Gasteiger partial charge in [0.15, 0.2) is 11.6 Å². The molecule has 140 valence electrons. The summed E-state index contributed by atoms with van der Waals surface area (Å²) in [6.07, 6.45) is 4.35. The smallest absolute Gasteiger partial charge is 0.216 e. The topological polar surface area (TPSA) is 72.0 Å². The minimum atomic E-state index is -3.32. The predicted molar refractivity (Wildman–Crippen MR) is 96.5 cm³/mol. The molecule has 2 atom stereocenters. The van der Waals surface area contributed by atoms with E-state index in [1.165, 1.54) is 24.3 Å². The van der Waals surface area contributed by atoms with Gasteiger partial charge in [-0.2, -0.15) is 4.31 Å². The molecule has 0 spiro atoms. The molecule has 2 fully saturated rings. The normalized spacial score (nSPS) is 23.1. The van der Waals surface area contributed by atoms with Crippen LogP contribution in [-0.2, 0) is 14.8 Å². The molecule has 0 radical (unpaired) electrons. The molecule has 0 unspecified atom stereocenters. The van der Waals surface area contributed by atoms with Crippen molar-refractivity contribution in [3.8, 4) is 5.75 Å². The molecule has 0 saturated carbocycles. The van der Waals surface area contributed by atoms with Crippen LogP contribution in [0.5, 0.6) is 5.75 Å². The number of anilines is 1. The molecule has 2 aliphatic heterocycles. The van der Waals surface area contributed by atoms with Crippen LogP contribution in [0.1, 0.15) is 26.2 Å². The lowest BCUT2D eigenvalue weighted by molar-refractivity contribution is 0.135. The maximum Gasteiger partial charge on any atom is 0.216 e. The lowest BCUT2D eigenvalue weighted by Crippen LogP contribution is -2.36. The van der Waals surface area contributed by atoms with Crippen molar-refractivity contribution in [2.45, 2.75) is 38.4 Å². The van der Waals surface area contributed by atoms with E-state index >= 15 is 0 Å². The van der Waals surface area contributed by atoms with Gasteiger partial charge in [0, 0.05) is 32.9 Å². The Morgan fingerprint density at radius 1 is 1.32 bits per heavy atom. The van der Waals surface area contributed by atoms with Gasteiger partial charge in [0.25, 0.3) is 0 Å². The molecule has 1 aromatic rings. The summed E-state index contributed by atoms with van der Waals surface area (Å²) < 4.78 is 37.6. The molecule has 1 aromatic heterocycles. The van der Waals surface area contributed by atoms with Crippen LogP contribution in [0.25, 0.3) is 0 Å². The van der Waals surface area contributed by atoms with Gasteiger partial charge in [-0.3, -0.25) is 0 Å². The number of aromatic nitrogens is 1. The fraction of sp³-hybridized carbons (Fsp3) is 0.706. The first-order valence-corrected chi connectivity index (χ1v) is 10.5. The van der Waals surface area contributed by atoms with E-state index in [1.807, 2.05) is 12.1 Å². The van der Waals surface area contributed by atoms with E-state index in [0.29, 0.717) is 19.5 Å². The predicted octanol–water partition coefficient (Wildman–Crippen LogP) is 1.50. The van der Waals surface area contributed by atoms with Crippen LogP contribution in [0.15, 0.2) is 18.3 Å². The highest BCUT2D eigenvalue weighted by molar-refractivity contribution is 7.89. The Balaban J connectivity index is 1.64. The van der Waals surface area contributed by atoms with E-state index in [0.717, 1.165) is 24.7 Å². The summed E-state index contributed by atoms with van der Waals surface area (Å²) >= 11 is 0. The molecular weight excluding hydrogens is 342 g/mol. The minimum absolute atomic E-state index is 0.00212. The van der Waals surface area contributed by atoms with E-state index in [4.69, 9.17) is 9.47 Å². The van der Waals surface area contributed by atoms with Gasteiger partial charge in [-0.15, -0.1) is 0 Å². The first-order valence-electron chi connectivity index (χ1n) is 8.87. The van der Waals surface area contributed by atoms with E-state index < -0.39 is 10.0 Å². The quantitative estimate of drug-likeness (QED) is 0.725. The molecule has 0 aromatic carbocycles. The largest absolute Gasteiger partial charge is 0.485 e. The maximum atomic E-state index is 12.4. The van der Waals surface area contributed by atoms with Gasteiger partial charge in [-0.1, -0.05) is 0 Å². The third kappa shape index (κ3) is 4.43. The average Bonchev–Trinajstić information content (AvgIpc) is 3.27. The Morgan fingerprint density at radius 3 is 2.80 bits per heavy atom. The van der Waals surface area contributed by atoms with Crippen LogP contribution in [-0.4, -0.2) is 69.0 Å². The summed E-state index contributed by atoms with van der Waals surface area (Å²) in [5, 5.41) is 0. The number of rotatable bonds is 7. The van der Waals surface area contributed by atoms with Crippen LogP contribution in [0, 0.1) is 0 Å². The van der Waals surface area contributed by atoms with Gasteiger partial charge >= 0.3 is 0 Å². The monoisotopic (exact) mass is 369 g/mol. The second kappa shape index (κ2) is 7.88. The standard InChI is InChI=1S/C17H27N3O4S/c1-14(23-2)13-25(21,22)20-11-7-15(12-20)24-16-6-5-8-18-17(16)19-9-3-4-10-19/h5-6,8,14-15H,3-4,7,9-13H2,1-2H3/t14-,15-/m1/s1. The van der Waals surface area contributed by atoms with Crippen molar-refractivity contribution >= 4 is 15.8 Å². The van der Waals surface area contributed by atoms with E-state index in [1.54, 1.807) is 13.1 Å². The number of pyridine rings is 1. The zero-order chi connectivity index (χ0) is 17.9. The molecular formula is C17H27N3O4S. The molecule has 3 rings (SSSR count). The third-order valence-corrected chi connectivity index (χ3v) is 6.81. The molecule has 0 amide bonds. The van der Waals surface area contributed by atoms with Gasteiger partial charge in [0.05, 0.1) is 18.4 Å². The van der Waals surface area contributed by atoms with Crippen molar-refractivity contribution in [2.24, 2.45) is 0 Å². The molecule has 0 aliphatic carbocycles. The summed E-state index contributed by atoms with van der Waals surface area (Å²) in [6.45, 7) is 4.62. The lowest BCUT2D eigenvalue weighted by Gasteiger charge is -2.22. The minimum Gasteiger partial charge on any atom is -0.485 e. The van der Waals surface area contributed by atoms with Gasteiger partial charge in [0.2, 0.25) is 10.0 Å². The molecule has 3 heterocycles. The number of nitrogens with zero attached hydrogens (tertiary/aromatic N) is 3. The summed E-state index contributed by atoms with van der Waals surface area (Å²) in [7, 11) is -1.79. The first kappa shape index (κ1) is 18.4. The number of hydrogen-bond donors (Lipinski definition) is 0. The maximum absolute atomic E-state index is 12.4. The van der Waals surface area contributed by atoms with Crippen LogP contribution < -0.4 is 9.64 Å². The zero-order valence-electron chi connectivity index (χ0n) is 14.9. The summed E-state index contributed by atoms with van der Waals surface area (Å²) in [6, 6.07) is 3.78. The number of ether oxygens (including phenoxy) is 2. The lowest BCUT2D eigenvalue weighted by atomic mass is 10.3. The first-order chi connectivity index (χ1) is 12.0. The molecule has 2 saturated heterocycles. The van der Waals surface area contributed by atoms with Crippen molar-refractivity contribution in [3.63, 3.8) is 0 Å². The Hall–Kier alpha value is -1.38. The summed E-state index contributed by atoms with van der Waals surface area (Å²) in [4.78, 5) is 6.71. The molecule has 0 bridgehead atoms. The molecule has 7 nitrogen and oxygen atoms in total. The Labute approximate surface area is 150 Å². The van der Waals surface area contributed by atoms with Gasteiger partial charge in [-0.05, 0) is 38.3 Å². The fourth-order valence-corrected chi connectivity index (χ4v) is 5.05. The second-order valence-corrected chi connectivity index (χ2v) is 8.74. The van der Waals surface area contributed by atoms with Gasteiger partial charge in [0.1, 0.15) is 6.10 Å². The van der Waals surface area contributed by atoms with Crippen molar-refractivity contribution in [1.82, 2.24) is 9.29 Å². The van der Waals surface area contributed by atoms with Crippen LogP contribution in [0.4, 0.5) is 5.82 Å². The highest BCUT2D eigenvalue weighted by Crippen LogP contribution is 2.30. The molecule has 8 heteroatoms. The van der Waals surface area contributed by atoms with Crippen molar-refractivity contribution in [3.05, 3.63) is 18.3 Å². The molecule has 2 aliphatic rings. The van der Waals surface area contributed by atoms with E-state index in [2.05, 4.69) is 9.88 Å². The average molecular weight is 369 g/mol. The van der Waals surface area contributed by atoms with Crippen LogP contribution in [0.2, 0.25) is 0 Å². The second-order valence-electron chi connectivity index (χ2n) is 6.73. The highest BCUT2D eigenvalue weighted by Gasteiger charge is 2.34. The van der Waals surface area contributed by atoms with Crippen molar-refractivity contribution < 1.29 is 17.9 Å². The Bertz CT molecular complexity index is 676.